The van der Waals surface area contributed by atoms with Crippen LogP contribution in [0.1, 0.15) is 56.6 Å². The summed E-state index contributed by atoms with van der Waals surface area (Å²) in [6.07, 6.45) is 5.07. The van der Waals surface area contributed by atoms with E-state index >= 15 is 0 Å². The molecule has 0 aromatic heterocycles. The van der Waals surface area contributed by atoms with Crippen LogP contribution >= 0.6 is 0 Å². The number of fused-ring (bicyclic) bond motifs is 3. The number of aliphatic hydroxyl groups excluding tert-OH is 2. The van der Waals surface area contributed by atoms with Crippen molar-refractivity contribution < 1.29 is 24.9 Å². The second-order valence-corrected chi connectivity index (χ2v) is 8.13. The van der Waals surface area contributed by atoms with Gasteiger partial charge in [-0.2, -0.15) is 0 Å². The molecule has 0 spiro atoms. The van der Waals surface area contributed by atoms with E-state index in [-0.39, 0.29) is 30.3 Å². The molecule has 0 amide bonds. The van der Waals surface area contributed by atoms with Gasteiger partial charge in [0.2, 0.25) is 0 Å². The van der Waals surface area contributed by atoms with Gasteiger partial charge in [-0.25, -0.2) is 0 Å². The highest BCUT2D eigenvalue weighted by Gasteiger charge is 2.48. The van der Waals surface area contributed by atoms with Gasteiger partial charge in [0.05, 0.1) is 12.2 Å². The van der Waals surface area contributed by atoms with E-state index in [1.54, 1.807) is 13.0 Å². The van der Waals surface area contributed by atoms with E-state index in [0.717, 1.165) is 16.9 Å². The molecule has 1 aliphatic heterocycles. The minimum absolute atomic E-state index is 0.0287. The van der Waals surface area contributed by atoms with Crippen molar-refractivity contribution in [2.75, 3.05) is 0 Å². The molecule has 5 heteroatoms. The lowest BCUT2D eigenvalue weighted by atomic mass is 9.86. The first kappa shape index (κ1) is 21.4. The van der Waals surface area contributed by atoms with Crippen molar-refractivity contribution in [3.05, 3.63) is 41.5 Å². The molecule has 1 fully saturated rings. The van der Waals surface area contributed by atoms with E-state index in [4.69, 9.17) is 9.84 Å². The van der Waals surface area contributed by atoms with Gasteiger partial charge in [0.15, 0.2) is 0 Å². The number of ether oxygens (including phenoxy) is 1. The molecule has 6 unspecified atom stereocenters. The molecule has 1 saturated carbocycles. The third kappa shape index (κ3) is 4.83. The number of hydrogen-bond donors (Lipinski definition) is 3. The molecule has 0 saturated heterocycles. The average molecular weight is 398 g/mol. The van der Waals surface area contributed by atoms with Crippen LogP contribution in [-0.2, 0) is 11.2 Å². The minimum atomic E-state index is -0.790. The van der Waals surface area contributed by atoms with Crippen LogP contribution in [0.2, 0.25) is 0 Å². The zero-order valence-electron chi connectivity index (χ0n) is 17.0. The fourth-order valence-electron chi connectivity index (χ4n) is 4.41. The van der Waals surface area contributed by atoms with Crippen molar-refractivity contribution in [1.82, 2.24) is 0 Å². The standard InChI is InChI=1S/C24H30O5/c1-3-4-7-15(2)19(25)13-12-17-20(26)14-21-23(17)18-10-5-8-16(24(18)29-21)9-6-11-22(27)28/h5,8,10,12-13,15,17,19-21,23,25-26H,6-7,9,11,14H2,1-2H3,(H,27,28)/b13-12-. The summed E-state index contributed by atoms with van der Waals surface area (Å²) in [4.78, 5) is 10.8. The predicted octanol–water partition coefficient (Wildman–Crippen LogP) is 3.29. The Balaban J connectivity index is 1.75. The highest BCUT2D eigenvalue weighted by molar-refractivity contribution is 5.66. The first-order valence-electron chi connectivity index (χ1n) is 10.4. The predicted molar refractivity (Wildman–Crippen MR) is 111 cm³/mol. The van der Waals surface area contributed by atoms with Crippen molar-refractivity contribution in [3.8, 4) is 17.6 Å². The molecule has 3 rings (SSSR count). The van der Waals surface area contributed by atoms with Crippen LogP contribution in [0.25, 0.3) is 0 Å². The Labute approximate surface area is 172 Å². The largest absolute Gasteiger partial charge is 0.489 e. The second kappa shape index (κ2) is 9.47. The Hall–Kier alpha value is -2.29. The highest BCUT2D eigenvalue weighted by atomic mass is 16.5. The Morgan fingerprint density at radius 2 is 2.21 bits per heavy atom. The summed E-state index contributed by atoms with van der Waals surface area (Å²) in [6.45, 7) is 3.75. The number of aliphatic carboxylic acids is 1. The summed E-state index contributed by atoms with van der Waals surface area (Å²) < 4.78 is 6.21. The molecular weight excluding hydrogens is 368 g/mol. The highest BCUT2D eigenvalue weighted by Crippen LogP contribution is 2.52. The van der Waals surface area contributed by atoms with Crippen molar-refractivity contribution in [1.29, 1.82) is 0 Å². The molecule has 0 radical (unpaired) electrons. The Morgan fingerprint density at radius 1 is 1.41 bits per heavy atom. The van der Waals surface area contributed by atoms with Crippen LogP contribution in [0.4, 0.5) is 0 Å². The van der Waals surface area contributed by atoms with Gasteiger partial charge in [-0.05, 0) is 31.2 Å². The Morgan fingerprint density at radius 3 is 2.93 bits per heavy atom. The van der Waals surface area contributed by atoms with Crippen molar-refractivity contribution in [3.63, 3.8) is 0 Å². The molecule has 1 aromatic carbocycles. The average Bonchev–Trinajstić information content (AvgIpc) is 3.19. The molecule has 3 N–H and O–H groups in total. The van der Waals surface area contributed by atoms with Crippen LogP contribution in [0.5, 0.6) is 5.75 Å². The number of hydrogen-bond acceptors (Lipinski definition) is 4. The van der Waals surface area contributed by atoms with Gasteiger partial charge in [-0.1, -0.05) is 37.3 Å². The molecule has 2 aliphatic rings. The van der Waals surface area contributed by atoms with Crippen LogP contribution < -0.4 is 4.74 Å². The Bertz CT molecular complexity index is 818. The van der Waals surface area contributed by atoms with Gasteiger partial charge in [0, 0.05) is 36.7 Å². The van der Waals surface area contributed by atoms with Crippen LogP contribution in [0.15, 0.2) is 30.4 Å². The summed E-state index contributed by atoms with van der Waals surface area (Å²) in [6, 6.07) is 6.01. The van der Waals surface area contributed by atoms with Crippen molar-refractivity contribution >= 4 is 5.97 Å². The summed E-state index contributed by atoms with van der Waals surface area (Å²) in [5.41, 5.74) is 2.11. The van der Waals surface area contributed by atoms with E-state index in [2.05, 4.69) is 11.8 Å². The van der Waals surface area contributed by atoms with E-state index < -0.39 is 18.2 Å². The SMILES string of the molecule is CC#CCC(C)C(O)/C=C\C1C(O)CC2Oc3c(CCCC(=O)O)cccc3C21. The maximum atomic E-state index is 10.8. The number of aliphatic hydroxyl groups is 2. The van der Waals surface area contributed by atoms with Gasteiger partial charge >= 0.3 is 5.97 Å². The smallest absolute Gasteiger partial charge is 0.303 e. The topological polar surface area (TPSA) is 87.0 Å². The van der Waals surface area contributed by atoms with Crippen LogP contribution in [0, 0.1) is 23.7 Å². The summed E-state index contributed by atoms with van der Waals surface area (Å²) in [5.74, 6) is 5.87. The molecule has 1 aromatic rings. The lowest BCUT2D eigenvalue weighted by molar-refractivity contribution is -0.137. The Kier molecular flexibility index (Phi) is 7.00. The van der Waals surface area contributed by atoms with Crippen molar-refractivity contribution in [2.45, 2.75) is 70.2 Å². The van der Waals surface area contributed by atoms with Gasteiger partial charge in [0.25, 0.3) is 0 Å². The number of aryl methyl sites for hydroxylation is 1. The second-order valence-electron chi connectivity index (χ2n) is 8.13. The number of para-hydroxylation sites is 1. The molecule has 5 nitrogen and oxygen atoms in total. The summed E-state index contributed by atoms with van der Waals surface area (Å²) in [7, 11) is 0. The lowest BCUT2D eigenvalue weighted by Crippen LogP contribution is -2.19. The van der Waals surface area contributed by atoms with Crippen LogP contribution in [-0.4, -0.2) is 39.6 Å². The molecule has 1 heterocycles. The van der Waals surface area contributed by atoms with E-state index in [1.807, 2.05) is 31.2 Å². The fraction of sp³-hybridized carbons (Fsp3) is 0.542. The molecule has 6 atom stereocenters. The third-order valence-corrected chi connectivity index (χ3v) is 6.04. The van der Waals surface area contributed by atoms with Gasteiger partial charge in [-0.15, -0.1) is 11.8 Å². The summed E-state index contributed by atoms with van der Waals surface area (Å²) in [5, 5.41) is 29.9. The maximum absolute atomic E-state index is 10.8. The monoisotopic (exact) mass is 398 g/mol. The first-order valence-corrected chi connectivity index (χ1v) is 10.4. The van der Waals surface area contributed by atoms with E-state index in [0.29, 0.717) is 25.7 Å². The molecule has 0 bridgehead atoms. The molecule has 29 heavy (non-hydrogen) atoms. The van der Waals surface area contributed by atoms with Gasteiger partial charge < -0.3 is 20.1 Å². The number of carboxylic acids is 1. The first-order chi connectivity index (χ1) is 13.9. The zero-order chi connectivity index (χ0) is 21.0. The molecule has 1 aliphatic carbocycles. The molecular formula is C24H30O5. The van der Waals surface area contributed by atoms with Gasteiger partial charge in [0.1, 0.15) is 11.9 Å². The number of carbonyl (C=O) groups is 1. The number of rotatable bonds is 8. The lowest BCUT2D eigenvalue weighted by Gasteiger charge is -2.19. The van der Waals surface area contributed by atoms with Gasteiger partial charge in [-0.3, -0.25) is 4.79 Å². The summed E-state index contributed by atoms with van der Waals surface area (Å²) >= 11 is 0. The minimum Gasteiger partial charge on any atom is -0.489 e. The third-order valence-electron chi connectivity index (χ3n) is 6.04. The number of carboxylic acid groups (broad SMARTS) is 1. The quantitative estimate of drug-likeness (QED) is 0.462. The number of benzene rings is 1. The normalized spacial score (nSPS) is 26.9. The van der Waals surface area contributed by atoms with Crippen LogP contribution in [0.3, 0.4) is 0 Å². The van der Waals surface area contributed by atoms with Crippen molar-refractivity contribution in [2.24, 2.45) is 11.8 Å². The maximum Gasteiger partial charge on any atom is 0.303 e. The van der Waals surface area contributed by atoms with E-state index in [9.17, 15) is 15.0 Å². The molecule has 156 valence electrons. The van der Waals surface area contributed by atoms with E-state index in [1.165, 1.54) is 0 Å². The zero-order valence-corrected chi connectivity index (χ0v) is 17.0. The fourth-order valence-corrected chi connectivity index (χ4v) is 4.41.